The Bertz CT molecular complexity index is 1280. The molecule has 1 saturated heterocycles. The van der Waals surface area contributed by atoms with E-state index in [2.05, 4.69) is 15.6 Å². The van der Waals surface area contributed by atoms with Crippen LogP contribution in [0.4, 0.5) is 13.2 Å². The largest absolute Gasteiger partial charge is 0.497 e. The highest BCUT2D eigenvalue weighted by molar-refractivity contribution is 5.82. The SMILES string of the molecule is COc1cccc(-n2cc([C@H]3O[C@H](OCC(O)CNCc4ccccc4)[C@H](NC(=O)C(F)(F)F)[C@@H](O)[C@H]3O)nn2)c1. The van der Waals surface area contributed by atoms with Crippen LogP contribution in [0.3, 0.4) is 0 Å². The number of methoxy groups -OCH3 is 1. The number of benzene rings is 2. The lowest BCUT2D eigenvalue weighted by molar-refractivity contribution is -0.274. The highest BCUT2D eigenvalue weighted by atomic mass is 19.4. The van der Waals surface area contributed by atoms with Crippen LogP contribution < -0.4 is 15.4 Å². The number of hydrogen-bond donors (Lipinski definition) is 5. The molecule has 15 heteroatoms. The van der Waals surface area contributed by atoms with E-state index in [1.165, 1.54) is 18.0 Å². The third kappa shape index (κ3) is 7.78. The predicted octanol–water partition coefficient (Wildman–Crippen LogP) is 0.609. The summed E-state index contributed by atoms with van der Waals surface area (Å²) in [5.74, 6) is -1.82. The fourth-order valence-electron chi connectivity index (χ4n) is 4.17. The predicted molar refractivity (Wildman–Crippen MR) is 136 cm³/mol. The Hall–Kier alpha value is -3.60. The molecule has 0 bridgehead atoms. The van der Waals surface area contributed by atoms with Gasteiger partial charge in [0, 0.05) is 19.2 Å². The van der Waals surface area contributed by atoms with Crippen LogP contribution in [0.5, 0.6) is 5.75 Å². The van der Waals surface area contributed by atoms with Gasteiger partial charge >= 0.3 is 12.1 Å². The van der Waals surface area contributed by atoms with E-state index in [9.17, 15) is 33.3 Å². The fraction of sp³-hybridized carbons (Fsp3) is 0.423. The minimum atomic E-state index is -5.27. The normalized spacial score (nSPS) is 23.6. The van der Waals surface area contributed by atoms with E-state index in [0.29, 0.717) is 18.0 Å². The van der Waals surface area contributed by atoms with Gasteiger partial charge in [-0.1, -0.05) is 41.6 Å². The summed E-state index contributed by atoms with van der Waals surface area (Å²) in [5, 5.41) is 44.4. The molecule has 6 atom stereocenters. The van der Waals surface area contributed by atoms with Crippen LogP contribution >= 0.6 is 0 Å². The van der Waals surface area contributed by atoms with Gasteiger partial charge in [-0.2, -0.15) is 13.2 Å². The quantitative estimate of drug-likeness (QED) is 0.217. The smallest absolute Gasteiger partial charge is 0.471 e. The van der Waals surface area contributed by atoms with Gasteiger partial charge in [0.1, 0.15) is 35.8 Å². The molecular weight excluding hydrogens is 551 g/mol. The second kappa shape index (κ2) is 13.4. The highest BCUT2D eigenvalue weighted by Gasteiger charge is 2.50. The first-order valence-electron chi connectivity index (χ1n) is 12.6. The molecule has 3 aromatic rings. The zero-order chi connectivity index (χ0) is 29.6. The number of ether oxygens (including phenoxy) is 3. The lowest BCUT2D eigenvalue weighted by Gasteiger charge is -2.42. The summed E-state index contributed by atoms with van der Waals surface area (Å²) in [6, 6.07) is 14.3. The number of nitrogens with zero attached hydrogens (tertiary/aromatic N) is 3. The van der Waals surface area contributed by atoms with Crippen LogP contribution in [0.2, 0.25) is 0 Å². The van der Waals surface area contributed by atoms with E-state index in [1.54, 1.807) is 29.6 Å². The van der Waals surface area contributed by atoms with Crippen molar-refractivity contribution in [2.45, 2.75) is 49.5 Å². The monoisotopic (exact) mass is 581 g/mol. The van der Waals surface area contributed by atoms with Gasteiger partial charge in [-0.15, -0.1) is 5.10 Å². The maximum Gasteiger partial charge on any atom is 0.471 e. The number of carbonyl (C=O) groups is 1. The summed E-state index contributed by atoms with van der Waals surface area (Å²) in [5.41, 5.74) is 1.54. The van der Waals surface area contributed by atoms with Crippen molar-refractivity contribution in [3.8, 4) is 11.4 Å². The topological polar surface area (TPSA) is 160 Å². The molecule has 1 amide bonds. The molecule has 0 spiro atoms. The fourth-order valence-corrected chi connectivity index (χ4v) is 4.17. The Balaban J connectivity index is 1.47. The van der Waals surface area contributed by atoms with Gasteiger partial charge in [0.15, 0.2) is 6.29 Å². The minimum Gasteiger partial charge on any atom is -0.497 e. The first-order chi connectivity index (χ1) is 19.6. The second-order valence-electron chi connectivity index (χ2n) is 9.30. The summed E-state index contributed by atoms with van der Waals surface area (Å²) >= 11 is 0. The van der Waals surface area contributed by atoms with Gasteiger partial charge < -0.3 is 40.2 Å². The zero-order valence-corrected chi connectivity index (χ0v) is 21.8. The van der Waals surface area contributed by atoms with Crippen molar-refractivity contribution in [1.82, 2.24) is 25.6 Å². The molecule has 4 rings (SSSR count). The Morgan fingerprint density at radius 3 is 2.61 bits per heavy atom. The van der Waals surface area contributed by atoms with Crippen LogP contribution in [-0.4, -0.2) is 93.3 Å². The highest BCUT2D eigenvalue weighted by Crippen LogP contribution is 2.33. The number of aliphatic hydroxyl groups excluding tert-OH is 3. The van der Waals surface area contributed by atoms with E-state index in [1.807, 2.05) is 30.3 Å². The Morgan fingerprint density at radius 1 is 1.15 bits per heavy atom. The molecule has 12 nitrogen and oxygen atoms in total. The summed E-state index contributed by atoms with van der Waals surface area (Å²) in [7, 11) is 1.49. The molecular formula is C26H30F3N5O7. The molecule has 0 saturated carbocycles. The van der Waals surface area contributed by atoms with Crippen molar-refractivity contribution >= 4 is 5.91 Å². The number of nitrogens with one attached hydrogen (secondary N) is 2. The third-order valence-electron chi connectivity index (χ3n) is 6.28. The van der Waals surface area contributed by atoms with Gasteiger partial charge in [-0.3, -0.25) is 4.79 Å². The van der Waals surface area contributed by atoms with Crippen molar-refractivity contribution in [2.75, 3.05) is 20.3 Å². The molecule has 1 aromatic heterocycles. The van der Waals surface area contributed by atoms with Crippen LogP contribution in [0, 0.1) is 0 Å². The lowest BCUT2D eigenvalue weighted by Crippen LogP contribution is -2.63. The summed E-state index contributed by atoms with van der Waals surface area (Å²) in [4.78, 5) is 11.7. The number of hydrogen-bond acceptors (Lipinski definition) is 10. The van der Waals surface area contributed by atoms with Crippen molar-refractivity contribution < 1.29 is 47.5 Å². The van der Waals surface area contributed by atoms with Crippen LogP contribution in [0.25, 0.3) is 5.69 Å². The van der Waals surface area contributed by atoms with Crippen molar-refractivity contribution in [1.29, 1.82) is 0 Å². The zero-order valence-electron chi connectivity index (χ0n) is 21.8. The first kappa shape index (κ1) is 30.4. The molecule has 1 aliphatic heterocycles. The number of aromatic nitrogens is 3. The Labute approximate surface area is 232 Å². The van der Waals surface area contributed by atoms with E-state index < -0.39 is 55.4 Å². The van der Waals surface area contributed by atoms with E-state index in [-0.39, 0.29) is 12.2 Å². The Morgan fingerprint density at radius 2 is 1.90 bits per heavy atom. The number of carbonyl (C=O) groups excluding carboxylic acids is 1. The Kier molecular flexibility index (Phi) is 9.90. The lowest BCUT2D eigenvalue weighted by atomic mass is 9.95. The van der Waals surface area contributed by atoms with Gasteiger partial charge in [-0.25, -0.2) is 4.68 Å². The molecule has 41 heavy (non-hydrogen) atoms. The molecule has 2 aromatic carbocycles. The van der Waals surface area contributed by atoms with Crippen molar-refractivity contribution in [2.24, 2.45) is 0 Å². The maximum absolute atomic E-state index is 13.0. The summed E-state index contributed by atoms with van der Waals surface area (Å²) in [6.45, 7) is 0.0690. The van der Waals surface area contributed by atoms with Gasteiger partial charge in [0.05, 0.1) is 31.7 Å². The molecule has 2 heterocycles. The molecule has 0 aliphatic carbocycles. The molecule has 1 aliphatic rings. The van der Waals surface area contributed by atoms with Crippen molar-refractivity contribution in [3.63, 3.8) is 0 Å². The number of halogens is 3. The minimum absolute atomic E-state index is 0.0265. The van der Waals surface area contributed by atoms with Crippen LogP contribution in [0.1, 0.15) is 17.4 Å². The van der Waals surface area contributed by atoms with E-state index in [4.69, 9.17) is 14.2 Å². The third-order valence-corrected chi connectivity index (χ3v) is 6.28. The number of alkyl halides is 3. The number of rotatable bonds is 11. The average molecular weight is 582 g/mol. The van der Waals surface area contributed by atoms with E-state index >= 15 is 0 Å². The van der Waals surface area contributed by atoms with Crippen molar-refractivity contribution in [3.05, 3.63) is 72.1 Å². The second-order valence-corrected chi connectivity index (χ2v) is 9.30. The van der Waals surface area contributed by atoms with Gasteiger partial charge in [0.25, 0.3) is 0 Å². The van der Waals surface area contributed by atoms with E-state index in [0.717, 1.165) is 5.56 Å². The maximum atomic E-state index is 13.0. The molecule has 0 radical (unpaired) electrons. The molecule has 5 N–H and O–H groups in total. The number of amides is 1. The number of aliphatic hydroxyl groups is 3. The van der Waals surface area contributed by atoms with Gasteiger partial charge in [0.2, 0.25) is 0 Å². The first-order valence-corrected chi connectivity index (χ1v) is 12.6. The molecule has 1 unspecified atom stereocenters. The van der Waals surface area contributed by atoms with Gasteiger partial charge in [-0.05, 0) is 17.7 Å². The molecule has 222 valence electrons. The standard InChI is InChI=1S/C26H30F3N5O7/c1-39-18-9-5-8-16(10-18)34-13-19(32-33-34)23-22(37)21(36)20(31-25(38)26(27,28)29)24(41-23)40-14-17(35)12-30-11-15-6-3-2-4-7-15/h2-10,13,17,20-24,30,35-37H,11-12,14H2,1H3,(H,31,38)/t17?,20-,21-,22-,23-,24+/m1/s1. The summed E-state index contributed by atoms with van der Waals surface area (Å²) < 4.78 is 56.8. The van der Waals surface area contributed by atoms with Crippen LogP contribution in [-0.2, 0) is 20.8 Å². The average Bonchev–Trinajstić information content (AvgIpc) is 3.45. The van der Waals surface area contributed by atoms with Crippen LogP contribution in [0.15, 0.2) is 60.8 Å². The molecule has 1 fully saturated rings. The summed E-state index contributed by atoms with van der Waals surface area (Å²) in [6.07, 6.45) is -11.9.